The van der Waals surface area contributed by atoms with E-state index in [0.29, 0.717) is 11.8 Å². The third-order valence-corrected chi connectivity index (χ3v) is 5.21. The van der Waals surface area contributed by atoms with Crippen molar-refractivity contribution in [3.8, 4) is 0 Å². The number of rotatable bonds is 5. The molecule has 0 bridgehead atoms. The van der Waals surface area contributed by atoms with Gasteiger partial charge in [0.15, 0.2) is 0 Å². The van der Waals surface area contributed by atoms with Gasteiger partial charge < -0.3 is 0 Å². The molecule has 6 heteroatoms. The van der Waals surface area contributed by atoms with Gasteiger partial charge >= 0.3 is 0 Å². The second-order valence-corrected chi connectivity index (χ2v) is 7.42. The predicted molar refractivity (Wildman–Crippen MR) is 95.2 cm³/mol. The van der Waals surface area contributed by atoms with Crippen LogP contribution in [0.2, 0.25) is 0 Å². The van der Waals surface area contributed by atoms with Gasteiger partial charge in [0.1, 0.15) is 0 Å². The van der Waals surface area contributed by atoms with E-state index in [4.69, 9.17) is 0 Å². The Morgan fingerprint density at radius 3 is 2.64 bits per heavy atom. The summed E-state index contributed by atoms with van der Waals surface area (Å²) < 4.78 is 1.69. The van der Waals surface area contributed by atoms with Gasteiger partial charge in [0.2, 0.25) is 0 Å². The minimum absolute atomic E-state index is 0.0295. The minimum atomic E-state index is 0.0295. The van der Waals surface area contributed by atoms with Crippen LogP contribution in [0.4, 0.5) is 0 Å². The lowest BCUT2D eigenvalue weighted by atomic mass is 9.96. The Morgan fingerprint density at radius 2 is 1.92 bits per heavy atom. The van der Waals surface area contributed by atoms with Crippen molar-refractivity contribution in [3.63, 3.8) is 0 Å². The maximum Gasteiger partial charge on any atom is 0.266 e. The molecule has 1 aliphatic heterocycles. The van der Waals surface area contributed by atoms with Crippen LogP contribution in [0.15, 0.2) is 29.3 Å². The van der Waals surface area contributed by atoms with Crippen molar-refractivity contribution < 1.29 is 0 Å². The Kier molecular flexibility index (Phi) is 4.61. The third-order valence-electron chi connectivity index (χ3n) is 5.21. The third kappa shape index (κ3) is 4.12. The summed E-state index contributed by atoms with van der Waals surface area (Å²) in [4.78, 5) is 23.3. The normalized spacial score (nSPS) is 19.2. The highest BCUT2D eigenvalue weighted by Crippen LogP contribution is 2.38. The number of hydrogen-bond donors (Lipinski definition) is 0. The zero-order valence-electron chi connectivity index (χ0n) is 14.8. The molecule has 0 aromatic carbocycles. The maximum atomic E-state index is 12.1. The Balaban J connectivity index is 1.33. The maximum absolute atomic E-state index is 12.1. The van der Waals surface area contributed by atoms with Crippen molar-refractivity contribution in [2.45, 2.75) is 51.6 Å². The summed E-state index contributed by atoms with van der Waals surface area (Å²) in [6.07, 6.45) is 8.26. The van der Waals surface area contributed by atoms with Crippen LogP contribution in [0.5, 0.6) is 0 Å². The molecule has 2 aliphatic rings. The van der Waals surface area contributed by atoms with E-state index >= 15 is 0 Å². The van der Waals surface area contributed by atoms with E-state index in [2.05, 4.69) is 20.0 Å². The van der Waals surface area contributed by atoms with Gasteiger partial charge in [0.05, 0.1) is 17.1 Å². The van der Waals surface area contributed by atoms with Gasteiger partial charge in [0.25, 0.3) is 5.56 Å². The Morgan fingerprint density at radius 1 is 1.12 bits per heavy atom. The van der Waals surface area contributed by atoms with Gasteiger partial charge in [0, 0.05) is 37.5 Å². The van der Waals surface area contributed by atoms with Crippen LogP contribution in [0.25, 0.3) is 0 Å². The molecule has 0 N–H and O–H groups in total. The highest BCUT2D eigenvalue weighted by Gasteiger charge is 2.26. The van der Waals surface area contributed by atoms with E-state index in [-0.39, 0.29) is 5.56 Å². The molecule has 0 radical (unpaired) electrons. The summed E-state index contributed by atoms with van der Waals surface area (Å²) in [7, 11) is 0. The molecule has 1 saturated carbocycles. The first-order chi connectivity index (χ1) is 12.2. The van der Waals surface area contributed by atoms with E-state index in [1.165, 1.54) is 12.8 Å². The van der Waals surface area contributed by atoms with Gasteiger partial charge in [-0.2, -0.15) is 5.10 Å². The van der Waals surface area contributed by atoms with Gasteiger partial charge in [-0.15, -0.1) is 0 Å². The molecule has 0 atom stereocenters. The van der Waals surface area contributed by atoms with Crippen LogP contribution in [0, 0.1) is 12.8 Å². The number of nitrogens with zero attached hydrogens (tertiary/aromatic N) is 5. The summed E-state index contributed by atoms with van der Waals surface area (Å²) in [5.41, 5.74) is 3.12. The first-order valence-electron chi connectivity index (χ1n) is 9.25. The quantitative estimate of drug-likeness (QED) is 0.835. The molecule has 0 unspecified atom stereocenters. The average Bonchev–Trinajstić information content (AvgIpc) is 3.44. The largest absolute Gasteiger partial charge is 0.297 e. The fourth-order valence-electron chi connectivity index (χ4n) is 3.58. The van der Waals surface area contributed by atoms with Crippen molar-refractivity contribution in [1.29, 1.82) is 0 Å². The molecular weight excluding hydrogens is 314 g/mol. The van der Waals surface area contributed by atoms with Gasteiger partial charge in [-0.1, -0.05) is 0 Å². The lowest BCUT2D eigenvalue weighted by molar-refractivity contribution is 0.161. The van der Waals surface area contributed by atoms with Crippen LogP contribution in [0.1, 0.15) is 48.7 Å². The van der Waals surface area contributed by atoms with Crippen molar-refractivity contribution in [2.75, 3.05) is 13.1 Å². The fourth-order valence-corrected chi connectivity index (χ4v) is 3.58. The number of aromatic nitrogens is 4. The molecule has 2 fully saturated rings. The molecule has 0 spiro atoms. The first kappa shape index (κ1) is 16.4. The van der Waals surface area contributed by atoms with Crippen LogP contribution in [-0.2, 0) is 13.1 Å². The molecule has 1 saturated heterocycles. The van der Waals surface area contributed by atoms with Gasteiger partial charge in [-0.3, -0.25) is 19.7 Å². The zero-order chi connectivity index (χ0) is 17.2. The summed E-state index contributed by atoms with van der Waals surface area (Å²) in [5.74, 6) is 1.11. The zero-order valence-corrected chi connectivity index (χ0v) is 14.8. The standard InChI is InChI=1S/C19H25N5O/c1-14-10-20-11-17(21-14)13-23-8-6-15(7-9-23)12-24-19(25)5-4-18(22-24)16-2-3-16/h4-5,10-11,15-16H,2-3,6-9,12-13H2,1H3. The van der Waals surface area contributed by atoms with Crippen molar-refractivity contribution in [3.05, 3.63) is 52.0 Å². The average molecular weight is 339 g/mol. The highest BCUT2D eigenvalue weighted by atomic mass is 16.1. The van der Waals surface area contributed by atoms with Crippen molar-refractivity contribution in [2.24, 2.45) is 5.92 Å². The van der Waals surface area contributed by atoms with Crippen molar-refractivity contribution >= 4 is 0 Å². The second kappa shape index (κ2) is 7.04. The molecule has 4 rings (SSSR count). The number of aryl methyl sites for hydroxylation is 1. The molecular formula is C19H25N5O. The smallest absolute Gasteiger partial charge is 0.266 e. The number of piperidine rings is 1. The lowest BCUT2D eigenvalue weighted by Crippen LogP contribution is -2.36. The lowest BCUT2D eigenvalue weighted by Gasteiger charge is -2.31. The molecule has 3 heterocycles. The van der Waals surface area contributed by atoms with Gasteiger partial charge in [-0.25, -0.2) is 4.68 Å². The molecule has 1 aliphatic carbocycles. The van der Waals surface area contributed by atoms with E-state index in [0.717, 1.165) is 56.1 Å². The minimum Gasteiger partial charge on any atom is -0.297 e. The van der Waals surface area contributed by atoms with E-state index in [1.54, 1.807) is 16.9 Å². The summed E-state index contributed by atoms with van der Waals surface area (Å²) >= 11 is 0. The molecule has 132 valence electrons. The Hall–Kier alpha value is -2.08. The molecule has 2 aromatic rings. The number of likely N-dealkylation sites (tertiary alicyclic amines) is 1. The molecule has 25 heavy (non-hydrogen) atoms. The van der Waals surface area contributed by atoms with Crippen LogP contribution < -0.4 is 5.56 Å². The number of hydrogen-bond acceptors (Lipinski definition) is 5. The van der Waals surface area contributed by atoms with E-state index in [1.807, 2.05) is 19.2 Å². The molecule has 2 aromatic heterocycles. The second-order valence-electron chi connectivity index (χ2n) is 7.42. The monoisotopic (exact) mass is 339 g/mol. The first-order valence-corrected chi connectivity index (χ1v) is 9.25. The van der Waals surface area contributed by atoms with E-state index in [9.17, 15) is 4.79 Å². The topological polar surface area (TPSA) is 63.9 Å². The molecule has 0 amide bonds. The summed E-state index contributed by atoms with van der Waals surface area (Å²) in [5, 5.41) is 4.60. The van der Waals surface area contributed by atoms with Crippen molar-refractivity contribution in [1.82, 2.24) is 24.6 Å². The molecule has 6 nitrogen and oxygen atoms in total. The van der Waals surface area contributed by atoms with Crippen LogP contribution in [-0.4, -0.2) is 37.7 Å². The van der Waals surface area contributed by atoms with E-state index < -0.39 is 0 Å². The fraction of sp³-hybridized carbons (Fsp3) is 0.579. The van der Waals surface area contributed by atoms with Crippen LogP contribution >= 0.6 is 0 Å². The SMILES string of the molecule is Cc1cncc(CN2CCC(Cn3nc(C4CC4)ccc3=O)CC2)n1. The highest BCUT2D eigenvalue weighted by molar-refractivity contribution is 5.12. The Bertz CT molecular complexity index is 790. The van der Waals surface area contributed by atoms with Gasteiger partial charge in [-0.05, 0) is 57.7 Å². The Labute approximate surface area is 147 Å². The van der Waals surface area contributed by atoms with Crippen LogP contribution in [0.3, 0.4) is 0 Å². The summed E-state index contributed by atoms with van der Waals surface area (Å²) in [6.45, 7) is 5.66. The predicted octanol–water partition coefficient (Wildman–Crippen LogP) is 2.13. The summed E-state index contributed by atoms with van der Waals surface area (Å²) in [6, 6.07) is 3.59.